The summed E-state index contributed by atoms with van der Waals surface area (Å²) < 4.78 is 5.38. The highest BCUT2D eigenvalue weighted by Gasteiger charge is 2.61. The molecule has 3 aliphatic rings. The summed E-state index contributed by atoms with van der Waals surface area (Å²) in [6.45, 7) is 8.84. The summed E-state index contributed by atoms with van der Waals surface area (Å²) in [6.07, 6.45) is 0. The van der Waals surface area contributed by atoms with Crippen molar-refractivity contribution in [3.8, 4) is 0 Å². The molecule has 7 aromatic carbocycles. The minimum atomic E-state index is -0.595. The first kappa shape index (κ1) is 28.0. The average Bonchev–Trinajstić information content (AvgIpc) is 3.63. The summed E-state index contributed by atoms with van der Waals surface area (Å²) in [5.74, 6) is 0. The van der Waals surface area contributed by atoms with Gasteiger partial charge in [-0.3, -0.25) is 0 Å². The molecule has 2 nitrogen and oxygen atoms in total. The van der Waals surface area contributed by atoms with Crippen LogP contribution in [0.25, 0.3) is 43.6 Å². The molecule has 2 bridgehead atoms. The van der Waals surface area contributed by atoms with Crippen LogP contribution in [0.15, 0.2) is 146 Å². The van der Waals surface area contributed by atoms with Gasteiger partial charge in [0.05, 0.1) is 22.1 Å². The zero-order valence-electron chi connectivity index (χ0n) is 28.8. The standard InChI is InChI=1S/C48H36N2/c1-29-17-21-43-33(25-29)34-26-30(2)18-22-44(34)49(43)47-37-11-5-8-14-40(37)48(41-15-9-6-12-38(41)47,42-16-10-7-13-39(42)47)50-45-23-19-31(3)27-35(45)36-28-32(4)20-24-46(36)50/h5-28H,1-4H3. The molecule has 0 saturated carbocycles. The summed E-state index contributed by atoms with van der Waals surface area (Å²) in [5.41, 5.74) is 17.0. The van der Waals surface area contributed by atoms with Crippen molar-refractivity contribution in [3.63, 3.8) is 0 Å². The lowest BCUT2D eigenvalue weighted by atomic mass is 9.53. The van der Waals surface area contributed by atoms with Gasteiger partial charge >= 0.3 is 0 Å². The molecule has 0 aliphatic heterocycles. The fourth-order valence-corrected chi connectivity index (χ4v) is 10.2. The topological polar surface area (TPSA) is 9.86 Å². The second-order valence-corrected chi connectivity index (χ2v) is 14.8. The lowest BCUT2D eigenvalue weighted by molar-refractivity contribution is 0.403. The van der Waals surface area contributed by atoms with Crippen LogP contribution >= 0.6 is 0 Å². The highest BCUT2D eigenvalue weighted by atomic mass is 15.1. The van der Waals surface area contributed by atoms with Gasteiger partial charge in [0, 0.05) is 21.5 Å². The Kier molecular flexibility index (Phi) is 5.28. The number of hydrogen-bond acceptors (Lipinski definition) is 0. The number of fused-ring (bicyclic) bond motifs is 6. The predicted molar refractivity (Wildman–Crippen MR) is 208 cm³/mol. The third kappa shape index (κ3) is 3.12. The van der Waals surface area contributed by atoms with Gasteiger partial charge in [-0.25, -0.2) is 0 Å². The number of aromatic nitrogens is 2. The summed E-state index contributed by atoms with van der Waals surface area (Å²) in [5, 5.41) is 5.23. The van der Waals surface area contributed by atoms with E-state index in [1.165, 1.54) is 99.2 Å². The smallest absolute Gasteiger partial charge is 0.122 e. The van der Waals surface area contributed by atoms with Crippen molar-refractivity contribution in [2.75, 3.05) is 0 Å². The number of rotatable bonds is 2. The second-order valence-electron chi connectivity index (χ2n) is 14.8. The molecule has 238 valence electrons. The fraction of sp³-hybridized carbons (Fsp3) is 0.125. The van der Waals surface area contributed by atoms with Crippen LogP contribution < -0.4 is 0 Å². The summed E-state index contributed by atoms with van der Waals surface area (Å²) >= 11 is 0. The van der Waals surface area contributed by atoms with Crippen LogP contribution in [0.3, 0.4) is 0 Å². The molecule has 2 heterocycles. The van der Waals surface area contributed by atoms with Crippen LogP contribution in [0.2, 0.25) is 0 Å². The first-order chi connectivity index (χ1) is 24.4. The van der Waals surface area contributed by atoms with Crippen molar-refractivity contribution in [1.82, 2.24) is 9.13 Å². The molecule has 2 heteroatoms. The molecule has 0 unspecified atom stereocenters. The average molecular weight is 641 g/mol. The Balaban J connectivity index is 1.41. The Bertz CT molecular complexity index is 2490. The van der Waals surface area contributed by atoms with Crippen LogP contribution in [0.1, 0.15) is 55.6 Å². The van der Waals surface area contributed by atoms with Crippen molar-refractivity contribution < 1.29 is 0 Å². The van der Waals surface area contributed by atoms with Crippen LogP contribution in [0.5, 0.6) is 0 Å². The third-order valence-corrected chi connectivity index (χ3v) is 11.9. The molecule has 0 spiro atoms. The summed E-state index contributed by atoms with van der Waals surface area (Å²) in [7, 11) is 0. The van der Waals surface area contributed by atoms with Crippen molar-refractivity contribution in [1.29, 1.82) is 0 Å². The molecular formula is C48H36N2. The van der Waals surface area contributed by atoms with E-state index in [1.807, 2.05) is 0 Å². The van der Waals surface area contributed by atoms with E-state index < -0.39 is 11.1 Å². The normalized spacial score (nSPS) is 19.0. The number of nitrogens with zero attached hydrogens (tertiary/aromatic N) is 2. The Labute approximate surface area is 291 Å². The van der Waals surface area contributed by atoms with Crippen LogP contribution in [0, 0.1) is 27.7 Å². The molecule has 0 saturated heterocycles. The van der Waals surface area contributed by atoms with Gasteiger partial charge in [-0.15, -0.1) is 0 Å². The van der Waals surface area contributed by atoms with Crippen LogP contribution in [-0.2, 0) is 11.1 Å². The van der Waals surface area contributed by atoms with Crippen molar-refractivity contribution >= 4 is 43.6 Å². The molecule has 0 amide bonds. The first-order valence-electron chi connectivity index (χ1n) is 17.8. The van der Waals surface area contributed by atoms with Crippen molar-refractivity contribution in [3.05, 3.63) is 201 Å². The van der Waals surface area contributed by atoms with E-state index in [0.29, 0.717) is 0 Å². The van der Waals surface area contributed by atoms with E-state index >= 15 is 0 Å². The predicted octanol–water partition coefficient (Wildman–Crippen LogP) is 11.4. The maximum atomic E-state index is 2.69. The number of aryl methyl sites for hydroxylation is 4. The van der Waals surface area contributed by atoms with Gasteiger partial charge in [0.25, 0.3) is 0 Å². The van der Waals surface area contributed by atoms with E-state index in [9.17, 15) is 0 Å². The number of hydrogen-bond donors (Lipinski definition) is 0. The minimum absolute atomic E-state index is 0.595. The molecule has 0 atom stereocenters. The Morgan fingerprint density at radius 2 is 0.520 bits per heavy atom. The fourth-order valence-electron chi connectivity index (χ4n) is 10.2. The Morgan fingerprint density at radius 3 is 0.740 bits per heavy atom. The van der Waals surface area contributed by atoms with E-state index in [4.69, 9.17) is 0 Å². The highest BCUT2D eigenvalue weighted by Crippen LogP contribution is 2.65. The zero-order chi connectivity index (χ0) is 33.5. The minimum Gasteiger partial charge on any atom is -0.322 e. The summed E-state index contributed by atoms with van der Waals surface area (Å²) in [4.78, 5) is 0. The maximum Gasteiger partial charge on any atom is 0.122 e. The molecule has 2 aromatic heterocycles. The molecule has 0 radical (unpaired) electrons. The number of benzene rings is 7. The lowest BCUT2D eigenvalue weighted by Crippen LogP contribution is -2.56. The molecule has 50 heavy (non-hydrogen) atoms. The van der Waals surface area contributed by atoms with Gasteiger partial charge in [-0.2, -0.15) is 0 Å². The van der Waals surface area contributed by atoms with Crippen LogP contribution in [0.4, 0.5) is 0 Å². The molecule has 0 fully saturated rings. The quantitative estimate of drug-likeness (QED) is 0.178. The maximum absolute atomic E-state index is 2.69. The molecule has 0 N–H and O–H groups in total. The van der Waals surface area contributed by atoms with Gasteiger partial charge in [-0.05, 0) is 110 Å². The third-order valence-electron chi connectivity index (χ3n) is 11.9. The van der Waals surface area contributed by atoms with Crippen molar-refractivity contribution in [2.45, 2.75) is 38.8 Å². The lowest BCUT2D eigenvalue weighted by Gasteiger charge is -2.58. The Hall–Kier alpha value is -5.86. The van der Waals surface area contributed by atoms with Gasteiger partial charge in [-0.1, -0.05) is 119 Å². The molecular weight excluding hydrogens is 605 g/mol. The van der Waals surface area contributed by atoms with E-state index in [2.05, 4.69) is 182 Å². The highest BCUT2D eigenvalue weighted by molar-refractivity contribution is 6.11. The molecule has 9 aromatic rings. The first-order valence-corrected chi connectivity index (χ1v) is 17.8. The summed E-state index contributed by atoms with van der Waals surface area (Å²) in [6, 6.07) is 56.1. The van der Waals surface area contributed by atoms with Crippen molar-refractivity contribution in [2.24, 2.45) is 0 Å². The van der Waals surface area contributed by atoms with Gasteiger partial charge in [0.1, 0.15) is 11.1 Å². The van der Waals surface area contributed by atoms with E-state index in [-0.39, 0.29) is 0 Å². The van der Waals surface area contributed by atoms with Crippen LogP contribution in [-0.4, -0.2) is 9.13 Å². The van der Waals surface area contributed by atoms with Gasteiger partial charge in [0.2, 0.25) is 0 Å². The SMILES string of the molecule is Cc1ccc2c(c1)c1cc(C)ccc1n2C12c3ccccc3C(n3c4ccc(C)cc4c4cc(C)ccc43)(c3ccccc31)c1ccccc12. The van der Waals surface area contributed by atoms with E-state index in [1.54, 1.807) is 0 Å². The molecule has 12 rings (SSSR count). The molecule has 3 aliphatic carbocycles. The zero-order valence-corrected chi connectivity index (χ0v) is 28.8. The second kappa shape index (κ2) is 9.43. The van der Waals surface area contributed by atoms with Gasteiger partial charge in [0.15, 0.2) is 0 Å². The Morgan fingerprint density at radius 1 is 0.300 bits per heavy atom. The largest absolute Gasteiger partial charge is 0.322 e. The van der Waals surface area contributed by atoms with E-state index in [0.717, 1.165) is 0 Å². The monoisotopic (exact) mass is 640 g/mol. The van der Waals surface area contributed by atoms with Gasteiger partial charge < -0.3 is 9.13 Å².